The van der Waals surface area contributed by atoms with Gasteiger partial charge in [-0.05, 0) is 35.8 Å². The van der Waals surface area contributed by atoms with Crippen LogP contribution in [-0.4, -0.2) is 42.6 Å². The second-order valence-electron chi connectivity index (χ2n) is 5.52. The summed E-state index contributed by atoms with van der Waals surface area (Å²) in [6.45, 7) is 0.314. The Morgan fingerprint density at radius 2 is 1.92 bits per heavy atom. The first-order valence-electron chi connectivity index (χ1n) is 7.32. The molecule has 0 radical (unpaired) electrons. The van der Waals surface area contributed by atoms with Crippen LogP contribution in [0.25, 0.3) is 0 Å². The fraction of sp³-hybridized carbons (Fsp3) is 0.429. The van der Waals surface area contributed by atoms with Gasteiger partial charge in [0.1, 0.15) is 0 Å². The predicted octanol–water partition coefficient (Wildman–Crippen LogP) is 1.47. The van der Waals surface area contributed by atoms with Crippen molar-refractivity contribution < 1.29 is 17.5 Å². The first kappa shape index (κ1) is 18.0. The van der Waals surface area contributed by atoms with E-state index in [1.165, 1.54) is 0 Å². The maximum Gasteiger partial charge on any atom is 0.403 e. The molecule has 10 heteroatoms. The zero-order chi connectivity index (χ0) is 17.7. The minimum atomic E-state index is -3.97. The van der Waals surface area contributed by atoms with Gasteiger partial charge in [-0.3, -0.25) is 4.55 Å². The number of benzene rings is 1. The lowest BCUT2D eigenvalue weighted by atomic mass is 10.3. The molecule has 24 heavy (non-hydrogen) atoms. The van der Waals surface area contributed by atoms with E-state index in [-0.39, 0.29) is 12.2 Å². The molecule has 0 fully saturated rings. The summed E-state index contributed by atoms with van der Waals surface area (Å²) in [4.78, 5) is 1.99. The van der Waals surface area contributed by atoms with Crippen molar-refractivity contribution in [3.8, 4) is 0 Å². The van der Waals surface area contributed by atoms with Crippen LogP contribution in [0.2, 0.25) is 0 Å². The van der Waals surface area contributed by atoms with Gasteiger partial charge >= 0.3 is 5.95 Å². The minimum absolute atomic E-state index is 0.237. The molecule has 0 atom stereocenters. The number of nitrogens with zero attached hydrogens (tertiary/aromatic N) is 6. The fourth-order valence-corrected chi connectivity index (χ4v) is 2.52. The molecule has 130 valence electrons. The molecule has 0 unspecified atom stereocenters. The summed E-state index contributed by atoms with van der Waals surface area (Å²) in [5.41, 5.74) is 1.76. The molecule has 0 saturated heterocycles. The zero-order valence-corrected chi connectivity index (χ0v) is 14.7. The largest absolute Gasteiger partial charge is 0.403 e. The van der Waals surface area contributed by atoms with E-state index in [2.05, 4.69) is 15.3 Å². The summed E-state index contributed by atoms with van der Waals surface area (Å²) in [6.07, 6.45) is 1.80. The van der Waals surface area contributed by atoms with Crippen LogP contribution in [0.1, 0.15) is 6.42 Å². The van der Waals surface area contributed by atoms with Gasteiger partial charge in [0.25, 0.3) is 10.1 Å². The number of rotatable bonds is 7. The van der Waals surface area contributed by atoms with E-state index in [4.69, 9.17) is 4.55 Å². The monoisotopic (exact) mass is 353 g/mol. The Bertz CT molecular complexity index is 812. The van der Waals surface area contributed by atoms with E-state index >= 15 is 0 Å². The highest BCUT2D eigenvalue weighted by Crippen LogP contribution is 2.20. The van der Waals surface area contributed by atoms with Crippen molar-refractivity contribution in [1.82, 2.24) is 9.78 Å². The van der Waals surface area contributed by atoms with Crippen molar-refractivity contribution in [2.75, 3.05) is 24.7 Å². The van der Waals surface area contributed by atoms with Gasteiger partial charge in [0.05, 0.1) is 25.0 Å². The van der Waals surface area contributed by atoms with Crippen LogP contribution in [-0.2, 0) is 23.7 Å². The van der Waals surface area contributed by atoms with Crippen molar-refractivity contribution in [2.45, 2.75) is 13.0 Å². The van der Waals surface area contributed by atoms with Gasteiger partial charge in [-0.15, -0.1) is 4.68 Å². The van der Waals surface area contributed by atoms with Gasteiger partial charge in [0.15, 0.2) is 0 Å². The number of hydrogen-bond donors (Lipinski definition) is 1. The molecule has 2 rings (SSSR count). The van der Waals surface area contributed by atoms with Gasteiger partial charge in [-0.2, -0.15) is 8.42 Å². The van der Waals surface area contributed by atoms with Crippen LogP contribution in [0, 0.1) is 0 Å². The zero-order valence-electron chi connectivity index (χ0n) is 13.9. The van der Waals surface area contributed by atoms with Gasteiger partial charge in [0.2, 0.25) is 6.33 Å². The third-order valence-electron chi connectivity index (χ3n) is 3.30. The van der Waals surface area contributed by atoms with Crippen LogP contribution in [0.3, 0.4) is 0 Å². The Morgan fingerprint density at radius 3 is 2.50 bits per heavy atom. The Kier molecular flexibility index (Phi) is 5.62. The summed E-state index contributed by atoms with van der Waals surface area (Å²) >= 11 is 0. The highest BCUT2D eigenvalue weighted by atomic mass is 32.2. The number of anilines is 1. The number of hydrogen-bond acceptors (Lipinski definition) is 6. The third kappa shape index (κ3) is 5.10. The standard InChI is InChI=1S/C14H20N6O3S/c1-18(2)13-7-5-12(6-8-13)16-17-14-19(3)11-15-20(14)9-4-10-24(21,22)23/h5-8,11H,4,9-10H2,1-3H3/p+1. The summed E-state index contributed by atoms with van der Waals surface area (Å²) in [6, 6.07) is 7.60. The number of azo groups is 1. The highest BCUT2D eigenvalue weighted by Gasteiger charge is 2.16. The SMILES string of the molecule is CN(C)c1ccc(N=Nc2n(CCCS(=O)(=O)O)nc[n+]2C)cc1. The van der Waals surface area contributed by atoms with Crippen molar-refractivity contribution in [3.05, 3.63) is 30.6 Å². The number of aromatic nitrogens is 3. The van der Waals surface area contributed by atoms with Crippen LogP contribution in [0.4, 0.5) is 17.3 Å². The quantitative estimate of drug-likeness (QED) is 0.461. The third-order valence-corrected chi connectivity index (χ3v) is 4.11. The molecular weight excluding hydrogens is 332 g/mol. The maximum atomic E-state index is 10.8. The van der Waals surface area contributed by atoms with Crippen molar-refractivity contribution in [2.24, 2.45) is 17.3 Å². The topological polar surface area (TPSA) is 104 Å². The molecule has 1 aromatic carbocycles. The molecule has 0 amide bonds. The van der Waals surface area contributed by atoms with Gasteiger partial charge in [0, 0.05) is 24.9 Å². The van der Waals surface area contributed by atoms with E-state index < -0.39 is 10.1 Å². The van der Waals surface area contributed by atoms with E-state index in [0.29, 0.717) is 18.2 Å². The Labute approximate surface area is 141 Å². The molecule has 0 aliphatic heterocycles. The lowest BCUT2D eigenvalue weighted by Gasteiger charge is -2.11. The highest BCUT2D eigenvalue weighted by molar-refractivity contribution is 7.85. The molecule has 0 aliphatic rings. The molecule has 0 spiro atoms. The van der Waals surface area contributed by atoms with E-state index in [0.717, 1.165) is 5.69 Å². The van der Waals surface area contributed by atoms with Gasteiger partial charge in [-0.1, -0.05) is 5.11 Å². The predicted molar refractivity (Wildman–Crippen MR) is 89.4 cm³/mol. The Morgan fingerprint density at radius 1 is 1.25 bits per heavy atom. The van der Waals surface area contributed by atoms with Crippen molar-refractivity contribution in [1.29, 1.82) is 0 Å². The molecule has 0 aliphatic carbocycles. The van der Waals surface area contributed by atoms with E-state index in [1.54, 1.807) is 22.6 Å². The summed E-state index contributed by atoms with van der Waals surface area (Å²) in [5.74, 6) is 0.168. The summed E-state index contributed by atoms with van der Waals surface area (Å²) < 4.78 is 33.6. The smallest absolute Gasteiger partial charge is 0.378 e. The fourth-order valence-electron chi connectivity index (χ4n) is 2.02. The molecular formula is C14H21N6O3S+. The first-order valence-corrected chi connectivity index (χ1v) is 8.93. The number of aryl methyl sites for hydroxylation is 2. The second kappa shape index (κ2) is 7.49. The molecule has 1 aromatic heterocycles. The van der Waals surface area contributed by atoms with Gasteiger partial charge in [-0.25, -0.2) is 4.57 Å². The lowest BCUT2D eigenvalue weighted by Crippen LogP contribution is -2.25. The molecule has 9 nitrogen and oxygen atoms in total. The van der Waals surface area contributed by atoms with Crippen LogP contribution in [0.5, 0.6) is 0 Å². The average molecular weight is 353 g/mol. The summed E-state index contributed by atoms with van der Waals surface area (Å²) in [5, 5.41) is 12.5. The molecule has 0 saturated carbocycles. The van der Waals surface area contributed by atoms with Crippen LogP contribution < -0.4 is 9.47 Å². The lowest BCUT2D eigenvalue weighted by molar-refractivity contribution is -0.659. The Hall–Kier alpha value is -2.33. The van der Waals surface area contributed by atoms with Crippen molar-refractivity contribution >= 4 is 27.4 Å². The first-order chi connectivity index (χ1) is 11.3. The normalized spacial score (nSPS) is 12.0. The van der Waals surface area contributed by atoms with Crippen LogP contribution in [0.15, 0.2) is 40.8 Å². The molecule has 0 bridgehead atoms. The maximum absolute atomic E-state index is 10.8. The van der Waals surface area contributed by atoms with E-state index in [9.17, 15) is 8.42 Å². The van der Waals surface area contributed by atoms with E-state index in [1.807, 2.05) is 43.3 Å². The van der Waals surface area contributed by atoms with Crippen molar-refractivity contribution in [3.63, 3.8) is 0 Å². The van der Waals surface area contributed by atoms with Crippen LogP contribution >= 0.6 is 0 Å². The average Bonchev–Trinajstić information content (AvgIpc) is 2.85. The Balaban J connectivity index is 2.10. The van der Waals surface area contributed by atoms with Gasteiger partial charge < -0.3 is 4.90 Å². The second-order valence-corrected chi connectivity index (χ2v) is 7.09. The summed E-state index contributed by atoms with van der Waals surface area (Å²) in [7, 11) is 1.72. The molecule has 1 heterocycles. The molecule has 2 aromatic rings. The minimum Gasteiger partial charge on any atom is -0.378 e. The molecule has 1 N–H and O–H groups in total.